The smallest absolute Gasteiger partial charge is 0.407 e. The number of halogens is 1. The lowest BCUT2D eigenvalue weighted by atomic mass is 10.1. The number of hydrogen-bond acceptors (Lipinski definition) is 4. The second-order valence-electron chi connectivity index (χ2n) is 3.04. The van der Waals surface area contributed by atoms with Crippen molar-refractivity contribution in [2.45, 2.75) is 6.04 Å². The highest BCUT2D eigenvalue weighted by molar-refractivity contribution is 5.85. The summed E-state index contributed by atoms with van der Waals surface area (Å²) >= 11 is 0. The van der Waals surface area contributed by atoms with Gasteiger partial charge >= 0.3 is 6.09 Å². The van der Waals surface area contributed by atoms with Crippen molar-refractivity contribution in [1.29, 1.82) is 0 Å². The normalized spacial score (nSPS) is 18.9. The van der Waals surface area contributed by atoms with Crippen LogP contribution in [0.25, 0.3) is 0 Å². The second kappa shape index (κ2) is 4.27. The van der Waals surface area contributed by atoms with Crippen LogP contribution in [0.5, 0.6) is 11.5 Å². The van der Waals surface area contributed by atoms with Crippen molar-refractivity contribution in [3.63, 3.8) is 0 Å². The van der Waals surface area contributed by atoms with Gasteiger partial charge in [-0.1, -0.05) is 6.07 Å². The summed E-state index contributed by atoms with van der Waals surface area (Å²) in [7, 11) is 0. The summed E-state index contributed by atoms with van der Waals surface area (Å²) in [6.45, 7) is 0.239. The van der Waals surface area contributed by atoms with E-state index in [4.69, 9.17) is 9.84 Å². The summed E-state index contributed by atoms with van der Waals surface area (Å²) in [6.07, 6.45) is -0.470. The Balaban J connectivity index is 0.00000112. The maximum atomic E-state index is 10.7. The molecule has 1 amide bonds. The summed E-state index contributed by atoms with van der Waals surface area (Å²) in [5.41, 5.74) is 0.700. The predicted molar refractivity (Wildman–Crippen MR) is 54.2 cm³/mol. The van der Waals surface area contributed by atoms with Gasteiger partial charge in [-0.3, -0.25) is 0 Å². The van der Waals surface area contributed by atoms with E-state index in [-0.39, 0.29) is 36.6 Å². The average molecular weight is 232 g/mol. The first-order valence-electron chi connectivity index (χ1n) is 4.12. The van der Waals surface area contributed by atoms with Crippen LogP contribution in [0, 0.1) is 0 Å². The van der Waals surface area contributed by atoms with E-state index in [1.54, 1.807) is 6.07 Å². The molecule has 0 radical (unpaired) electrons. The van der Waals surface area contributed by atoms with Crippen molar-refractivity contribution in [1.82, 2.24) is 5.32 Å². The molecule has 1 aromatic carbocycles. The van der Waals surface area contributed by atoms with Gasteiger partial charge in [-0.15, -0.1) is 12.4 Å². The lowest BCUT2D eigenvalue weighted by Crippen LogP contribution is -2.18. The molecule has 1 saturated heterocycles. The number of phenolic OH excluding ortho intramolecular Hbond substituents is 2. The molecule has 5 nitrogen and oxygen atoms in total. The standard InChI is InChI=1S/C9H9NO4.ClH/c11-7-2-1-5(3-8(7)12)6-4-14-9(13)10-6;/h1-3,6,11-12H,4H2,(H,10,13);1H/t6-;/m1./s1. The van der Waals surface area contributed by atoms with E-state index in [2.05, 4.69) is 5.32 Å². The minimum atomic E-state index is -0.470. The number of rotatable bonds is 1. The fraction of sp³-hybridized carbons (Fsp3) is 0.222. The Morgan fingerprint density at radius 1 is 1.33 bits per heavy atom. The number of carbonyl (C=O) groups is 1. The van der Waals surface area contributed by atoms with Crippen LogP contribution in [0.15, 0.2) is 18.2 Å². The summed E-state index contributed by atoms with van der Waals surface area (Å²) in [4.78, 5) is 10.7. The molecule has 0 aliphatic carbocycles. The number of amides is 1. The van der Waals surface area contributed by atoms with Crippen LogP contribution in [0.1, 0.15) is 11.6 Å². The number of alkyl carbamates (subject to hydrolysis) is 1. The molecule has 0 bridgehead atoms. The van der Waals surface area contributed by atoms with Gasteiger partial charge in [-0.25, -0.2) is 4.79 Å². The summed E-state index contributed by atoms with van der Waals surface area (Å²) in [6, 6.07) is 4.13. The molecule has 1 aliphatic heterocycles. The molecule has 1 heterocycles. The lowest BCUT2D eigenvalue weighted by Gasteiger charge is -2.08. The van der Waals surface area contributed by atoms with Crippen molar-refractivity contribution in [3.8, 4) is 11.5 Å². The van der Waals surface area contributed by atoms with E-state index in [9.17, 15) is 9.90 Å². The Kier molecular flexibility index (Phi) is 3.26. The van der Waals surface area contributed by atoms with Crippen molar-refractivity contribution in [2.24, 2.45) is 0 Å². The van der Waals surface area contributed by atoms with Crippen LogP contribution in [0.4, 0.5) is 4.79 Å². The van der Waals surface area contributed by atoms with E-state index in [0.29, 0.717) is 5.56 Å². The molecule has 0 aromatic heterocycles. The Bertz CT molecular complexity index is 382. The number of carbonyl (C=O) groups excluding carboxylic acids is 1. The van der Waals surface area contributed by atoms with Gasteiger partial charge in [0.1, 0.15) is 6.61 Å². The van der Waals surface area contributed by atoms with E-state index < -0.39 is 6.09 Å². The van der Waals surface area contributed by atoms with Gasteiger partial charge in [0.15, 0.2) is 11.5 Å². The topological polar surface area (TPSA) is 78.8 Å². The minimum absolute atomic E-state index is 0. The molecule has 0 spiro atoms. The zero-order valence-corrected chi connectivity index (χ0v) is 8.45. The van der Waals surface area contributed by atoms with E-state index in [1.807, 2.05) is 0 Å². The Labute approximate surface area is 92.1 Å². The third-order valence-corrected chi connectivity index (χ3v) is 2.08. The van der Waals surface area contributed by atoms with Crippen LogP contribution < -0.4 is 5.32 Å². The first kappa shape index (κ1) is 11.5. The van der Waals surface area contributed by atoms with Crippen LogP contribution in [0.3, 0.4) is 0 Å². The minimum Gasteiger partial charge on any atom is -0.504 e. The van der Waals surface area contributed by atoms with Gasteiger partial charge in [0.05, 0.1) is 6.04 Å². The molecule has 1 aliphatic rings. The number of hydrogen-bond donors (Lipinski definition) is 3. The zero-order valence-electron chi connectivity index (χ0n) is 7.64. The summed E-state index contributed by atoms with van der Waals surface area (Å²) < 4.78 is 4.70. The van der Waals surface area contributed by atoms with Crippen molar-refractivity contribution >= 4 is 18.5 Å². The molecule has 1 atom stereocenters. The quantitative estimate of drug-likeness (QED) is 0.637. The SMILES string of the molecule is Cl.O=C1N[C@@H](c2ccc(O)c(O)c2)CO1. The maximum absolute atomic E-state index is 10.7. The van der Waals surface area contributed by atoms with E-state index in [1.165, 1.54) is 12.1 Å². The molecule has 1 fully saturated rings. The first-order chi connectivity index (χ1) is 6.66. The Hall–Kier alpha value is -1.62. The highest BCUT2D eigenvalue weighted by Crippen LogP contribution is 2.28. The summed E-state index contributed by atoms with van der Waals surface area (Å²) in [5, 5.41) is 20.9. The van der Waals surface area contributed by atoms with Crippen molar-refractivity contribution in [3.05, 3.63) is 23.8 Å². The largest absolute Gasteiger partial charge is 0.504 e. The second-order valence-corrected chi connectivity index (χ2v) is 3.04. The van der Waals surface area contributed by atoms with Gasteiger partial charge in [-0.2, -0.15) is 0 Å². The third-order valence-electron chi connectivity index (χ3n) is 2.08. The maximum Gasteiger partial charge on any atom is 0.407 e. The monoisotopic (exact) mass is 231 g/mol. The van der Waals surface area contributed by atoms with Gasteiger partial charge < -0.3 is 20.3 Å². The molecule has 0 saturated carbocycles. The highest BCUT2D eigenvalue weighted by atomic mass is 35.5. The lowest BCUT2D eigenvalue weighted by molar-refractivity contribution is 0.177. The third kappa shape index (κ3) is 2.24. The zero-order chi connectivity index (χ0) is 10.1. The molecule has 15 heavy (non-hydrogen) atoms. The molecular formula is C9H10ClNO4. The van der Waals surface area contributed by atoms with Crippen LogP contribution in [0.2, 0.25) is 0 Å². The molecule has 3 N–H and O–H groups in total. The molecule has 2 rings (SSSR count). The molecule has 1 aromatic rings. The van der Waals surface area contributed by atoms with Crippen LogP contribution >= 0.6 is 12.4 Å². The van der Waals surface area contributed by atoms with Crippen LogP contribution in [-0.4, -0.2) is 22.9 Å². The number of cyclic esters (lactones) is 1. The molecule has 82 valence electrons. The van der Waals surface area contributed by atoms with Crippen LogP contribution in [-0.2, 0) is 4.74 Å². The van der Waals surface area contributed by atoms with E-state index in [0.717, 1.165) is 0 Å². The fourth-order valence-electron chi connectivity index (χ4n) is 1.32. The Morgan fingerprint density at radius 3 is 2.60 bits per heavy atom. The molecule has 0 unspecified atom stereocenters. The van der Waals surface area contributed by atoms with Gasteiger partial charge in [0.25, 0.3) is 0 Å². The number of aromatic hydroxyl groups is 2. The number of ether oxygens (including phenoxy) is 1. The van der Waals surface area contributed by atoms with Crippen molar-refractivity contribution < 1.29 is 19.7 Å². The predicted octanol–water partition coefficient (Wildman–Crippen LogP) is 1.30. The van der Waals surface area contributed by atoms with Gasteiger partial charge in [0, 0.05) is 0 Å². The molecular weight excluding hydrogens is 222 g/mol. The van der Waals surface area contributed by atoms with Gasteiger partial charge in [-0.05, 0) is 17.7 Å². The number of phenols is 2. The fourth-order valence-corrected chi connectivity index (χ4v) is 1.32. The molecule has 6 heteroatoms. The average Bonchev–Trinajstić information content (AvgIpc) is 2.57. The number of benzene rings is 1. The van der Waals surface area contributed by atoms with Gasteiger partial charge in [0.2, 0.25) is 0 Å². The first-order valence-corrected chi connectivity index (χ1v) is 4.12. The number of nitrogens with one attached hydrogen (secondary N) is 1. The van der Waals surface area contributed by atoms with Crippen molar-refractivity contribution in [2.75, 3.05) is 6.61 Å². The summed E-state index contributed by atoms with van der Waals surface area (Å²) in [5.74, 6) is -0.386. The Morgan fingerprint density at radius 2 is 2.07 bits per heavy atom. The highest BCUT2D eigenvalue weighted by Gasteiger charge is 2.24. The van der Waals surface area contributed by atoms with E-state index >= 15 is 0 Å².